The predicted molar refractivity (Wildman–Crippen MR) is 51.3 cm³/mol. The van der Waals surface area contributed by atoms with Crippen LogP contribution in [0.1, 0.15) is 19.3 Å². The van der Waals surface area contributed by atoms with E-state index in [1.165, 1.54) is 0 Å². The van der Waals surface area contributed by atoms with E-state index >= 15 is 0 Å². The van der Waals surface area contributed by atoms with E-state index in [9.17, 15) is 9.59 Å². The van der Waals surface area contributed by atoms with Crippen LogP contribution in [0.2, 0.25) is 0 Å². The molecule has 0 saturated carbocycles. The Balaban J connectivity index is 2.22. The molecule has 1 atom stereocenters. The Labute approximate surface area is 87.7 Å². The number of carbonyl (C=O) groups is 2. The van der Waals surface area contributed by atoms with Gasteiger partial charge >= 0.3 is 11.9 Å². The first-order chi connectivity index (χ1) is 7.09. The lowest BCUT2D eigenvalue weighted by atomic mass is 10.2. The van der Waals surface area contributed by atoms with Gasteiger partial charge in [-0.3, -0.25) is 4.79 Å². The van der Waals surface area contributed by atoms with Gasteiger partial charge in [-0.1, -0.05) is 6.58 Å². The average molecular weight is 214 g/mol. The first-order valence-corrected chi connectivity index (χ1v) is 4.78. The van der Waals surface area contributed by atoms with E-state index in [2.05, 4.69) is 6.58 Å². The van der Waals surface area contributed by atoms with E-state index in [4.69, 9.17) is 14.6 Å². The third-order valence-corrected chi connectivity index (χ3v) is 2.08. The molecular formula is C10H14O5. The van der Waals surface area contributed by atoms with Crippen LogP contribution in [-0.4, -0.2) is 36.4 Å². The lowest BCUT2D eigenvalue weighted by molar-refractivity contribution is -0.145. The largest absolute Gasteiger partial charge is 0.481 e. The van der Waals surface area contributed by atoms with Gasteiger partial charge in [0.25, 0.3) is 0 Å². The number of aliphatic carboxylic acids is 1. The summed E-state index contributed by atoms with van der Waals surface area (Å²) in [5.74, 6) is -1.75. The summed E-state index contributed by atoms with van der Waals surface area (Å²) in [5, 5.41) is 8.42. The highest BCUT2D eigenvalue weighted by Crippen LogP contribution is 2.12. The van der Waals surface area contributed by atoms with Gasteiger partial charge in [0, 0.05) is 12.2 Å². The highest BCUT2D eigenvalue weighted by molar-refractivity contribution is 5.92. The van der Waals surface area contributed by atoms with Gasteiger partial charge in [0.2, 0.25) is 0 Å². The molecule has 1 aliphatic rings. The molecule has 1 heterocycles. The zero-order chi connectivity index (χ0) is 11.3. The second-order valence-electron chi connectivity index (χ2n) is 3.41. The van der Waals surface area contributed by atoms with E-state index in [1.807, 2.05) is 0 Å². The summed E-state index contributed by atoms with van der Waals surface area (Å²) in [6, 6.07) is 0. The van der Waals surface area contributed by atoms with Crippen LogP contribution in [0.4, 0.5) is 0 Å². The van der Waals surface area contributed by atoms with Crippen molar-refractivity contribution in [2.24, 2.45) is 0 Å². The summed E-state index contributed by atoms with van der Waals surface area (Å²) in [4.78, 5) is 21.5. The third-order valence-electron chi connectivity index (χ3n) is 2.08. The smallest absolute Gasteiger partial charge is 0.334 e. The fourth-order valence-corrected chi connectivity index (χ4v) is 1.30. The van der Waals surface area contributed by atoms with Crippen molar-refractivity contribution >= 4 is 11.9 Å². The monoisotopic (exact) mass is 214 g/mol. The van der Waals surface area contributed by atoms with Crippen LogP contribution < -0.4 is 0 Å². The molecule has 0 aromatic rings. The summed E-state index contributed by atoms with van der Waals surface area (Å²) in [6.07, 6.45) is 1.41. The van der Waals surface area contributed by atoms with Gasteiger partial charge in [0.05, 0.1) is 12.5 Å². The standard InChI is InChI=1S/C10H14O5/c1-7(5-9(11)12)10(13)15-6-8-3-2-4-14-8/h8H,1-6H2,(H,11,12). The number of carboxylic acids is 1. The molecule has 0 amide bonds. The average Bonchev–Trinajstić information content (AvgIpc) is 2.65. The lowest BCUT2D eigenvalue weighted by Gasteiger charge is -2.10. The number of carbonyl (C=O) groups excluding carboxylic acids is 1. The summed E-state index contributed by atoms with van der Waals surface area (Å²) < 4.78 is 10.1. The Bertz CT molecular complexity index is 265. The van der Waals surface area contributed by atoms with E-state index in [0.717, 1.165) is 12.8 Å². The van der Waals surface area contributed by atoms with Gasteiger partial charge in [0.1, 0.15) is 6.61 Å². The maximum absolute atomic E-state index is 11.2. The second-order valence-corrected chi connectivity index (χ2v) is 3.41. The Morgan fingerprint density at radius 2 is 2.27 bits per heavy atom. The first kappa shape index (κ1) is 11.7. The number of carboxylic acid groups (broad SMARTS) is 1. The zero-order valence-electron chi connectivity index (χ0n) is 8.40. The second kappa shape index (κ2) is 5.50. The minimum absolute atomic E-state index is 0.0412. The fourth-order valence-electron chi connectivity index (χ4n) is 1.30. The molecular weight excluding hydrogens is 200 g/mol. The number of hydrogen-bond acceptors (Lipinski definition) is 4. The van der Waals surface area contributed by atoms with Gasteiger partial charge in [-0.25, -0.2) is 4.79 Å². The molecule has 1 saturated heterocycles. The SMILES string of the molecule is C=C(CC(=O)O)C(=O)OCC1CCCO1. The highest BCUT2D eigenvalue weighted by Gasteiger charge is 2.19. The molecule has 0 aliphatic carbocycles. The van der Waals surface area contributed by atoms with Crippen molar-refractivity contribution in [3.8, 4) is 0 Å². The Kier molecular flexibility index (Phi) is 4.30. The van der Waals surface area contributed by atoms with Crippen LogP contribution in [0.15, 0.2) is 12.2 Å². The van der Waals surface area contributed by atoms with Crippen LogP contribution in [0.25, 0.3) is 0 Å². The van der Waals surface area contributed by atoms with Crippen LogP contribution in [0.5, 0.6) is 0 Å². The highest BCUT2D eigenvalue weighted by atomic mass is 16.6. The Morgan fingerprint density at radius 3 is 2.80 bits per heavy atom. The molecule has 0 aromatic heterocycles. The van der Waals surface area contributed by atoms with Crippen molar-refractivity contribution in [1.82, 2.24) is 0 Å². The molecule has 15 heavy (non-hydrogen) atoms. The first-order valence-electron chi connectivity index (χ1n) is 4.78. The van der Waals surface area contributed by atoms with Crippen molar-refractivity contribution in [1.29, 1.82) is 0 Å². The van der Waals surface area contributed by atoms with E-state index < -0.39 is 11.9 Å². The fraction of sp³-hybridized carbons (Fsp3) is 0.600. The summed E-state index contributed by atoms with van der Waals surface area (Å²) >= 11 is 0. The van der Waals surface area contributed by atoms with E-state index in [1.54, 1.807) is 0 Å². The molecule has 1 N–H and O–H groups in total. The van der Waals surface area contributed by atoms with Gasteiger partial charge in [-0.05, 0) is 12.8 Å². The zero-order valence-corrected chi connectivity index (χ0v) is 8.40. The quantitative estimate of drug-likeness (QED) is 0.539. The number of esters is 1. The van der Waals surface area contributed by atoms with E-state index in [-0.39, 0.29) is 24.7 Å². The molecule has 0 spiro atoms. The topological polar surface area (TPSA) is 72.8 Å². The van der Waals surface area contributed by atoms with Crippen molar-refractivity contribution in [2.75, 3.05) is 13.2 Å². The molecule has 0 aromatic carbocycles. The summed E-state index contributed by atoms with van der Waals surface area (Å²) in [7, 11) is 0. The minimum atomic E-state index is -1.09. The molecule has 84 valence electrons. The number of rotatable bonds is 5. The predicted octanol–water partition coefficient (Wildman–Crippen LogP) is 0.740. The molecule has 0 bridgehead atoms. The molecule has 5 nitrogen and oxygen atoms in total. The van der Waals surface area contributed by atoms with Crippen LogP contribution in [-0.2, 0) is 19.1 Å². The third kappa shape index (κ3) is 4.12. The minimum Gasteiger partial charge on any atom is -0.481 e. The van der Waals surface area contributed by atoms with Crippen molar-refractivity contribution < 1.29 is 24.2 Å². The van der Waals surface area contributed by atoms with Crippen molar-refractivity contribution in [3.63, 3.8) is 0 Å². The molecule has 1 unspecified atom stereocenters. The molecule has 1 fully saturated rings. The maximum Gasteiger partial charge on any atom is 0.334 e. The van der Waals surface area contributed by atoms with Gasteiger partial charge < -0.3 is 14.6 Å². The Morgan fingerprint density at radius 1 is 1.53 bits per heavy atom. The molecule has 0 radical (unpaired) electrons. The summed E-state index contributed by atoms with van der Waals surface area (Å²) in [6.45, 7) is 4.21. The van der Waals surface area contributed by atoms with Gasteiger partial charge in [0.15, 0.2) is 0 Å². The maximum atomic E-state index is 11.2. The molecule has 5 heteroatoms. The van der Waals surface area contributed by atoms with E-state index in [0.29, 0.717) is 6.61 Å². The van der Waals surface area contributed by atoms with Gasteiger partial charge in [-0.15, -0.1) is 0 Å². The van der Waals surface area contributed by atoms with Crippen LogP contribution >= 0.6 is 0 Å². The van der Waals surface area contributed by atoms with Crippen LogP contribution in [0, 0.1) is 0 Å². The van der Waals surface area contributed by atoms with Crippen molar-refractivity contribution in [2.45, 2.75) is 25.4 Å². The van der Waals surface area contributed by atoms with Crippen LogP contribution in [0.3, 0.4) is 0 Å². The number of ether oxygens (including phenoxy) is 2. The van der Waals surface area contributed by atoms with Gasteiger partial charge in [-0.2, -0.15) is 0 Å². The normalized spacial score (nSPS) is 19.9. The molecule has 1 aliphatic heterocycles. The molecule has 1 rings (SSSR count). The van der Waals surface area contributed by atoms with Crippen molar-refractivity contribution in [3.05, 3.63) is 12.2 Å². The Hall–Kier alpha value is -1.36. The summed E-state index contributed by atoms with van der Waals surface area (Å²) in [5.41, 5.74) is -0.0412. The lowest BCUT2D eigenvalue weighted by Crippen LogP contribution is -2.19. The number of hydrogen-bond donors (Lipinski definition) is 1.